The summed E-state index contributed by atoms with van der Waals surface area (Å²) in [5.41, 5.74) is 6.86. The third kappa shape index (κ3) is 3.01. The summed E-state index contributed by atoms with van der Waals surface area (Å²) in [5.74, 6) is 0.308. The van der Waals surface area contributed by atoms with E-state index in [9.17, 15) is 0 Å². The van der Waals surface area contributed by atoms with E-state index >= 15 is 0 Å². The zero-order valence-electron chi connectivity index (χ0n) is 8.77. The van der Waals surface area contributed by atoms with Gasteiger partial charge in [0.1, 0.15) is 5.75 Å². The van der Waals surface area contributed by atoms with Crippen LogP contribution in [0.25, 0.3) is 0 Å². The topological polar surface area (TPSA) is 49.5 Å². The Labute approximate surface area is 85.2 Å². The molecule has 1 aromatic rings. The van der Waals surface area contributed by atoms with E-state index in [0.29, 0.717) is 18.3 Å². The predicted molar refractivity (Wildman–Crippen MR) is 58.3 cm³/mol. The number of phenolic OH excluding ortho intramolecular Hbond substituents is 1. The molecule has 0 spiro atoms. The molecule has 0 heterocycles. The molecule has 1 aromatic carbocycles. The molecule has 0 aliphatic rings. The number of rotatable bonds is 4. The van der Waals surface area contributed by atoms with Gasteiger partial charge in [0.25, 0.3) is 0 Å². The number of benzene rings is 1. The van der Waals surface area contributed by atoms with E-state index in [1.165, 1.54) is 5.56 Å². The highest BCUT2D eigenvalue weighted by Gasteiger charge is 2.09. The van der Waals surface area contributed by atoms with Gasteiger partial charge in [0.05, 0.1) is 0 Å². The molecule has 0 saturated carbocycles. The molecule has 0 fully saturated rings. The van der Waals surface area contributed by atoms with E-state index in [2.05, 4.69) is 4.90 Å². The minimum Gasteiger partial charge on any atom is -0.508 e. The second kappa shape index (κ2) is 4.98. The molecule has 0 aliphatic carbocycles. The van der Waals surface area contributed by atoms with E-state index in [4.69, 9.17) is 10.8 Å². The Morgan fingerprint density at radius 1 is 1.29 bits per heavy atom. The first-order chi connectivity index (χ1) is 6.63. The first kappa shape index (κ1) is 11.0. The number of hydrogen-bond donors (Lipinski definition) is 2. The molecular formula is C11H18N2O. The Kier molecular flexibility index (Phi) is 3.92. The van der Waals surface area contributed by atoms with Gasteiger partial charge in [-0.05, 0) is 38.2 Å². The lowest BCUT2D eigenvalue weighted by molar-refractivity contribution is 0.298. The van der Waals surface area contributed by atoms with Gasteiger partial charge in [-0.15, -0.1) is 0 Å². The fourth-order valence-corrected chi connectivity index (χ4v) is 1.38. The fraction of sp³-hybridized carbons (Fsp3) is 0.455. The van der Waals surface area contributed by atoms with Crippen molar-refractivity contribution in [3.8, 4) is 5.75 Å². The summed E-state index contributed by atoms with van der Waals surface area (Å²) in [6.07, 6.45) is 0.920. The second-order valence-electron chi connectivity index (χ2n) is 3.72. The maximum Gasteiger partial charge on any atom is 0.115 e. The number of nitrogens with zero attached hydrogens (tertiary/aromatic N) is 1. The highest BCUT2D eigenvalue weighted by atomic mass is 16.3. The van der Waals surface area contributed by atoms with Gasteiger partial charge in [0.15, 0.2) is 0 Å². The highest BCUT2D eigenvalue weighted by molar-refractivity contribution is 5.26. The van der Waals surface area contributed by atoms with Crippen molar-refractivity contribution in [3.05, 3.63) is 29.8 Å². The normalized spacial score (nSPS) is 13.1. The van der Waals surface area contributed by atoms with Crippen molar-refractivity contribution in [1.29, 1.82) is 0 Å². The lowest BCUT2D eigenvalue weighted by Gasteiger charge is -2.22. The third-order valence-electron chi connectivity index (χ3n) is 2.41. The summed E-state index contributed by atoms with van der Waals surface area (Å²) in [5, 5.41) is 9.12. The lowest BCUT2D eigenvalue weighted by atomic mass is 10.1. The molecule has 0 aliphatic heterocycles. The minimum atomic E-state index is 0.308. The molecule has 3 heteroatoms. The zero-order chi connectivity index (χ0) is 10.6. The second-order valence-corrected chi connectivity index (χ2v) is 3.72. The van der Waals surface area contributed by atoms with Gasteiger partial charge in [-0.25, -0.2) is 0 Å². The molecule has 78 valence electrons. The number of hydrogen-bond acceptors (Lipinski definition) is 3. The average Bonchev–Trinajstić information content (AvgIpc) is 2.16. The van der Waals surface area contributed by atoms with Crippen molar-refractivity contribution >= 4 is 0 Å². The molecule has 3 nitrogen and oxygen atoms in total. The smallest absolute Gasteiger partial charge is 0.115 e. The largest absolute Gasteiger partial charge is 0.508 e. The number of likely N-dealkylation sites (N-methyl/N-ethyl adjacent to an activating group) is 1. The number of phenols is 1. The van der Waals surface area contributed by atoms with Crippen LogP contribution in [0.15, 0.2) is 24.3 Å². The van der Waals surface area contributed by atoms with Crippen molar-refractivity contribution in [2.24, 2.45) is 5.73 Å². The summed E-state index contributed by atoms with van der Waals surface area (Å²) in [6, 6.07) is 7.64. The number of aromatic hydroxyl groups is 1. The van der Waals surface area contributed by atoms with Gasteiger partial charge >= 0.3 is 0 Å². The Balaban J connectivity index is 2.63. The Morgan fingerprint density at radius 2 is 1.86 bits per heavy atom. The Bertz CT molecular complexity index is 269. The first-order valence-corrected chi connectivity index (χ1v) is 4.78. The Morgan fingerprint density at radius 3 is 2.29 bits per heavy atom. The summed E-state index contributed by atoms with van der Waals surface area (Å²) in [7, 11) is 4.05. The third-order valence-corrected chi connectivity index (χ3v) is 2.41. The van der Waals surface area contributed by atoms with Crippen LogP contribution in [0, 0.1) is 0 Å². The van der Waals surface area contributed by atoms with Crippen LogP contribution in [0.2, 0.25) is 0 Å². The maximum atomic E-state index is 9.12. The van der Waals surface area contributed by atoms with Crippen LogP contribution in [0.3, 0.4) is 0 Å². The molecule has 0 unspecified atom stereocenters. The van der Waals surface area contributed by atoms with Gasteiger partial charge in [-0.2, -0.15) is 0 Å². The summed E-state index contributed by atoms with van der Waals surface area (Å²) in [4.78, 5) is 2.12. The van der Waals surface area contributed by atoms with Gasteiger partial charge < -0.3 is 15.7 Å². The van der Waals surface area contributed by atoms with E-state index < -0.39 is 0 Å². The van der Waals surface area contributed by atoms with Gasteiger partial charge in [-0.3, -0.25) is 0 Å². The molecule has 0 radical (unpaired) electrons. The Hall–Kier alpha value is -1.06. The molecule has 0 aromatic heterocycles. The van der Waals surface area contributed by atoms with Crippen molar-refractivity contribution in [1.82, 2.24) is 4.90 Å². The number of nitrogens with two attached hydrogens (primary N) is 1. The zero-order valence-corrected chi connectivity index (χ0v) is 8.77. The summed E-state index contributed by atoms with van der Waals surface area (Å²) in [6.45, 7) is 0.647. The van der Waals surface area contributed by atoms with Gasteiger partial charge in [0.2, 0.25) is 0 Å². The van der Waals surface area contributed by atoms with Crippen molar-refractivity contribution in [2.75, 3.05) is 20.6 Å². The molecule has 0 saturated heterocycles. The standard InChI is InChI=1S/C11H18N2O/c1-13(2)10(8-12)7-9-3-5-11(14)6-4-9/h3-6,10,14H,7-8,12H2,1-2H3/t10-/m1/s1. The quantitative estimate of drug-likeness (QED) is 0.746. The maximum absolute atomic E-state index is 9.12. The summed E-state index contributed by atoms with van der Waals surface area (Å²) < 4.78 is 0. The van der Waals surface area contributed by atoms with Crippen molar-refractivity contribution in [3.63, 3.8) is 0 Å². The monoisotopic (exact) mass is 194 g/mol. The van der Waals surface area contributed by atoms with Crippen LogP contribution >= 0.6 is 0 Å². The van der Waals surface area contributed by atoms with E-state index in [0.717, 1.165) is 6.42 Å². The van der Waals surface area contributed by atoms with E-state index in [1.807, 2.05) is 26.2 Å². The van der Waals surface area contributed by atoms with Crippen LogP contribution in [0.4, 0.5) is 0 Å². The fourth-order valence-electron chi connectivity index (χ4n) is 1.38. The summed E-state index contributed by atoms with van der Waals surface area (Å²) >= 11 is 0. The molecule has 0 amide bonds. The van der Waals surface area contributed by atoms with E-state index in [-0.39, 0.29) is 0 Å². The molecule has 1 rings (SSSR count). The molecule has 3 N–H and O–H groups in total. The van der Waals surface area contributed by atoms with Crippen LogP contribution in [-0.2, 0) is 6.42 Å². The molecular weight excluding hydrogens is 176 g/mol. The van der Waals surface area contributed by atoms with Crippen LogP contribution in [0.1, 0.15) is 5.56 Å². The lowest BCUT2D eigenvalue weighted by Crippen LogP contribution is -2.36. The van der Waals surface area contributed by atoms with Crippen molar-refractivity contribution < 1.29 is 5.11 Å². The van der Waals surface area contributed by atoms with Gasteiger partial charge in [-0.1, -0.05) is 12.1 Å². The minimum absolute atomic E-state index is 0.308. The first-order valence-electron chi connectivity index (χ1n) is 4.78. The predicted octanol–water partition coefficient (Wildman–Crippen LogP) is 0.824. The SMILES string of the molecule is CN(C)[C@@H](CN)Cc1ccc(O)cc1. The molecule has 14 heavy (non-hydrogen) atoms. The van der Waals surface area contributed by atoms with Crippen LogP contribution in [-0.4, -0.2) is 36.7 Å². The van der Waals surface area contributed by atoms with Gasteiger partial charge in [0, 0.05) is 12.6 Å². The van der Waals surface area contributed by atoms with E-state index in [1.54, 1.807) is 12.1 Å². The van der Waals surface area contributed by atoms with Crippen LogP contribution in [0.5, 0.6) is 5.75 Å². The molecule has 0 bridgehead atoms. The van der Waals surface area contributed by atoms with Crippen molar-refractivity contribution in [2.45, 2.75) is 12.5 Å². The average molecular weight is 194 g/mol. The highest BCUT2D eigenvalue weighted by Crippen LogP contribution is 2.12. The molecule has 1 atom stereocenters. The van der Waals surface area contributed by atoms with Crippen LogP contribution < -0.4 is 5.73 Å².